The zero-order valence-corrected chi connectivity index (χ0v) is 7.50. The third-order valence-electron chi connectivity index (χ3n) is 2.06. The van der Waals surface area contributed by atoms with Crippen LogP contribution in [-0.4, -0.2) is 28.6 Å². The molecule has 0 atom stereocenters. The Hall–Kier alpha value is -0.129. The standard InChI is InChI=1S/C6Si3/c7-1-2(7)4-6(9-4)5-3(1)8-5. The molecule has 3 heteroatoms. The van der Waals surface area contributed by atoms with Crippen LogP contribution < -0.4 is 31.1 Å². The van der Waals surface area contributed by atoms with Crippen molar-refractivity contribution < 1.29 is 0 Å². The van der Waals surface area contributed by atoms with Crippen molar-refractivity contribution in [2.24, 2.45) is 0 Å². The summed E-state index contributed by atoms with van der Waals surface area (Å²) in [6, 6.07) is 0. The van der Waals surface area contributed by atoms with Crippen molar-refractivity contribution in [3.8, 4) is 0 Å². The Morgan fingerprint density at radius 2 is 0.667 bits per heavy atom. The van der Waals surface area contributed by atoms with E-state index < -0.39 is 0 Å². The van der Waals surface area contributed by atoms with Gasteiger partial charge in [0.1, 0.15) is 28.6 Å². The monoisotopic (exact) mass is 156 g/mol. The normalized spacial score (nSPS) is 20.0. The van der Waals surface area contributed by atoms with Crippen LogP contribution in [0.25, 0.3) is 0 Å². The molecule has 0 saturated heterocycles. The van der Waals surface area contributed by atoms with Gasteiger partial charge in [0.2, 0.25) is 0 Å². The lowest BCUT2D eigenvalue weighted by Gasteiger charge is -1.69. The van der Waals surface area contributed by atoms with Crippen molar-refractivity contribution in [2.75, 3.05) is 0 Å². The fraction of sp³-hybridized carbons (Fsp3) is 0. The fourth-order valence-electron chi connectivity index (χ4n) is 1.41. The molecule has 0 aromatic heterocycles. The zero-order chi connectivity index (χ0) is 5.59. The minimum Gasteiger partial charge on any atom is -0.0602 e. The molecule has 0 bridgehead atoms. The van der Waals surface area contributed by atoms with Gasteiger partial charge < -0.3 is 0 Å². The van der Waals surface area contributed by atoms with Crippen LogP contribution in [-0.2, 0) is 0 Å². The first-order chi connectivity index (χ1) is 4.45. The van der Waals surface area contributed by atoms with Crippen LogP contribution in [0, 0.1) is 0 Å². The van der Waals surface area contributed by atoms with E-state index in [4.69, 9.17) is 0 Å². The van der Waals surface area contributed by atoms with Gasteiger partial charge in [-0.15, -0.1) is 0 Å². The highest BCUT2D eigenvalue weighted by molar-refractivity contribution is 7.13. The van der Waals surface area contributed by atoms with E-state index >= 15 is 0 Å². The molecule has 3 heterocycles. The highest BCUT2D eigenvalue weighted by atomic mass is 28.2. The second-order valence-corrected chi connectivity index (χ2v) is 6.38. The van der Waals surface area contributed by atoms with E-state index in [9.17, 15) is 0 Å². The number of benzene rings is 1. The van der Waals surface area contributed by atoms with Crippen LogP contribution in [0.4, 0.5) is 0 Å². The second kappa shape index (κ2) is 0.853. The number of hydrogen-bond acceptors (Lipinski definition) is 0. The van der Waals surface area contributed by atoms with E-state index in [0.717, 1.165) is 28.6 Å². The van der Waals surface area contributed by atoms with Gasteiger partial charge in [0, 0.05) is 0 Å². The summed E-state index contributed by atoms with van der Waals surface area (Å²) in [5, 5.41) is 10.7. The average Bonchev–Trinajstić information content (AvgIpc) is 2.64. The largest absolute Gasteiger partial charge is 0.120 e. The molecule has 0 fully saturated rings. The van der Waals surface area contributed by atoms with Crippen LogP contribution >= 0.6 is 0 Å². The predicted octanol–water partition coefficient (Wildman–Crippen LogP) is -4.41. The Balaban J connectivity index is 2.42. The van der Waals surface area contributed by atoms with E-state index in [1.165, 1.54) is 0 Å². The SMILES string of the molecule is [Si]1c2c3c(c4c(c21)[Si]4)[Si]3. The lowest BCUT2D eigenvalue weighted by atomic mass is 10.4. The molecule has 0 spiro atoms. The van der Waals surface area contributed by atoms with Gasteiger partial charge in [-0.3, -0.25) is 0 Å². The van der Waals surface area contributed by atoms with Gasteiger partial charge in [-0.05, 0) is 0 Å². The van der Waals surface area contributed by atoms with Crippen molar-refractivity contribution >= 4 is 59.7 Å². The Bertz CT molecular complexity index is 257. The predicted molar refractivity (Wildman–Crippen MR) is 41.5 cm³/mol. The number of rotatable bonds is 0. The first kappa shape index (κ1) is 3.90. The van der Waals surface area contributed by atoms with Gasteiger partial charge in [0.05, 0.1) is 0 Å². The maximum Gasteiger partial charge on any atom is 0.120 e. The molecular formula is C6Si3. The van der Waals surface area contributed by atoms with Crippen molar-refractivity contribution in [1.82, 2.24) is 0 Å². The summed E-state index contributed by atoms with van der Waals surface area (Å²) >= 11 is 0. The summed E-state index contributed by atoms with van der Waals surface area (Å²) in [6.07, 6.45) is 0. The second-order valence-electron chi connectivity index (χ2n) is 2.62. The third-order valence-corrected chi connectivity index (χ3v) is 6.56. The maximum absolute atomic E-state index is 1.78. The first-order valence-electron chi connectivity index (χ1n) is 3.00. The highest BCUT2D eigenvalue weighted by Gasteiger charge is 2.44. The molecule has 36 valence electrons. The minimum absolute atomic E-state index is 1.15. The summed E-state index contributed by atoms with van der Waals surface area (Å²) in [7, 11) is 3.46. The van der Waals surface area contributed by atoms with E-state index in [2.05, 4.69) is 0 Å². The molecule has 1 aromatic rings. The number of hydrogen-bond donors (Lipinski definition) is 0. The van der Waals surface area contributed by atoms with Gasteiger partial charge >= 0.3 is 0 Å². The van der Waals surface area contributed by atoms with Crippen molar-refractivity contribution in [3.63, 3.8) is 0 Å². The van der Waals surface area contributed by atoms with Crippen molar-refractivity contribution in [1.29, 1.82) is 0 Å². The van der Waals surface area contributed by atoms with Gasteiger partial charge in [-0.1, -0.05) is 31.1 Å². The van der Waals surface area contributed by atoms with E-state index in [-0.39, 0.29) is 0 Å². The summed E-state index contributed by atoms with van der Waals surface area (Å²) in [6.45, 7) is 0. The molecule has 4 rings (SSSR count). The van der Waals surface area contributed by atoms with Crippen LogP contribution in [0.3, 0.4) is 0 Å². The van der Waals surface area contributed by atoms with Crippen LogP contribution in [0.2, 0.25) is 0 Å². The molecule has 0 nitrogen and oxygen atoms in total. The van der Waals surface area contributed by atoms with Crippen LogP contribution in [0.5, 0.6) is 0 Å². The quantitative estimate of drug-likeness (QED) is 0.226. The van der Waals surface area contributed by atoms with Gasteiger partial charge in [0.25, 0.3) is 0 Å². The van der Waals surface area contributed by atoms with Gasteiger partial charge in [-0.2, -0.15) is 0 Å². The highest BCUT2D eigenvalue weighted by Crippen LogP contribution is 1.95. The molecule has 0 N–H and O–H groups in total. The summed E-state index contributed by atoms with van der Waals surface area (Å²) < 4.78 is 0. The lowest BCUT2D eigenvalue weighted by molar-refractivity contribution is 2.41. The van der Waals surface area contributed by atoms with Gasteiger partial charge in [-0.25, -0.2) is 0 Å². The third kappa shape index (κ3) is 0.304. The summed E-state index contributed by atoms with van der Waals surface area (Å²) in [4.78, 5) is 0. The summed E-state index contributed by atoms with van der Waals surface area (Å²) in [5.41, 5.74) is 0. The Kier molecular flexibility index (Phi) is 0.370. The van der Waals surface area contributed by atoms with Crippen LogP contribution in [0.15, 0.2) is 0 Å². The topological polar surface area (TPSA) is 0 Å². The van der Waals surface area contributed by atoms with Crippen LogP contribution in [0.1, 0.15) is 0 Å². The molecule has 3 aliphatic heterocycles. The van der Waals surface area contributed by atoms with E-state index in [1.54, 1.807) is 31.1 Å². The van der Waals surface area contributed by atoms with Gasteiger partial charge in [0.15, 0.2) is 0 Å². The molecule has 6 radical (unpaired) electrons. The first-order valence-corrected chi connectivity index (χ1v) is 6.00. The summed E-state index contributed by atoms with van der Waals surface area (Å²) in [5.74, 6) is 0. The molecule has 0 aliphatic carbocycles. The lowest BCUT2D eigenvalue weighted by Crippen LogP contribution is -2.18. The minimum atomic E-state index is 1.15. The zero-order valence-electron chi connectivity index (χ0n) is 4.50. The Labute approximate surface area is 60.1 Å². The molecule has 0 amide bonds. The maximum atomic E-state index is 1.78. The Morgan fingerprint density at radius 1 is 0.444 bits per heavy atom. The fourth-order valence-corrected chi connectivity index (χ4v) is 6.09. The molecule has 0 unspecified atom stereocenters. The van der Waals surface area contributed by atoms with E-state index in [1.807, 2.05) is 0 Å². The van der Waals surface area contributed by atoms with E-state index in [0.29, 0.717) is 0 Å². The van der Waals surface area contributed by atoms with Crippen molar-refractivity contribution in [3.05, 3.63) is 0 Å². The van der Waals surface area contributed by atoms with Crippen molar-refractivity contribution in [2.45, 2.75) is 0 Å². The molecule has 0 saturated carbocycles. The Morgan fingerprint density at radius 3 is 0.889 bits per heavy atom. The molecule has 3 aliphatic rings. The average molecular weight is 156 g/mol. The molecular weight excluding hydrogens is 156 g/mol. The number of fused-ring (bicyclic) bond motifs is 6. The smallest absolute Gasteiger partial charge is 0.0602 e. The molecule has 9 heavy (non-hydrogen) atoms. The molecule has 1 aromatic carbocycles.